The molecule has 3 rings (SSSR count). The molecule has 0 aliphatic carbocycles. The van der Waals surface area contributed by atoms with Crippen LogP contribution >= 0.6 is 11.3 Å². The number of aromatic amines is 1. The summed E-state index contributed by atoms with van der Waals surface area (Å²) in [4.78, 5) is 39.2. The molecule has 0 bridgehead atoms. The monoisotopic (exact) mass is 376 g/mol. The number of thiazole rings is 1. The Kier molecular flexibility index (Phi) is 5.38. The Morgan fingerprint density at radius 1 is 1.50 bits per heavy atom. The summed E-state index contributed by atoms with van der Waals surface area (Å²) >= 11 is 1.53. The van der Waals surface area contributed by atoms with Gasteiger partial charge in [-0.05, 0) is 13.5 Å². The lowest BCUT2D eigenvalue weighted by Crippen LogP contribution is -2.36. The summed E-state index contributed by atoms with van der Waals surface area (Å²) in [5.41, 5.74) is 6.50. The van der Waals surface area contributed by atoms with E-state index in [1.807, 2.05) is 17.3 Å². The van der Waals surface area contributed by atoms with Crippen molar-refractivity contribution in [2.24, 2.45) is 0 Å². The summed E-state index contributed by atoms with van der Waals surface area (Å²) < 4.78 is 0. The fourth-order valence-electron chi connectivity index (χ4n) is 3.09. The zero-order valence-electron chi connectivity index (χ0n) is 15.2. The molecule has 1 amide bonds. The van der Waals surface area contributed by atoms with E-state index in [0.29, 0.717) is 36.9 Å². The molecule has 0 radical (unpaired) electrons. The van der Waals surface area contributed by atoms with E-state index in [9.17, 15) is 9.59 Å². The normalized spacial score (nSPS) is 17.4. The molecule has 0 aromatic carbocycles. The maximum absolute atomic E-state index is 12.7. The van der Waals surface area contributed by atoms with Crippen molar-refractivity contribution in [2.45, 2.75) is 38.8 Å². The van der Waals surface area contributed by atoms with Crippen LogP contribution in [0.2, 0.25) is 0 Å². The number of H-pyrrole nitrogens is 1. The van der Waals surface area contributed by atoms with Crippen LogP contribution in [0.3, 0.4) is 0 Å². The molecule has 3 heterocycles. The van der Waals surface area contributed by atoms with Crippen LogP contribution in [-0.2, 0) is 6.54 Å². The fraction of sp³-hybridized carbons (Fsp3) is 0.529. The van der Waals surface area contributed by atoms with E-state index in [1.54, 1.807) is 0 Å². The number of nitrogens with zero attached hydrogens (tertiary/aromatic N) is 4. The van der Waals surface area contributed by atoms with E-state index in [1.165, 1.54) is 17.4 Å². The van der Waals surface area contributed by atoms with Crippen LogP contribution in [0.15, 0.2) is 16.2 Å². The number of hydrogen-bond donors (Lipinski definition) is 2. The first-order valence-corrected chi connectivity index (χ1v) is 9.52. The summed E-state index contributed by atoms with van der Waals surface area (Å²) in [6, 6.07) is 1.66. The molecule has 2 aromatic rings. The fourth-order valence-corrected chi connectivity index (χ4v) is 3.90. The Bertz CT molecular complexity index is 846. The van der Waals surface area contributed by atoms with Gasteiger partial charge in [-0.2, -0.15) is 0 Å². The van der Waals surface area contributed by atoms with Gasteiger partial charge in [0.05, 0.1) is 10.7 Å². The third-order valence-corrected chi connectivity index (χ3v) is 5.68. The summed E-state index contributed by atoms with van der Waals surface area (Å²) in [5, 5.41) is 2.83. The summed E-state index contributed by atoms with van der Waals surface area (Å²) in [7, 11) is 1.97. The van der Waals surface area contributed by atoms with Gasteiger partial charge in [0.15, 0.2) is 0 Å². The molecule has 26 heavy (non-hydrogen) atoms. The molecule has 1 atom stereocenters. The maximum Gasteiger partial charge on any atom is 0.273 e. The standard InChI is InChI=1S/C17H24N6O2S/c1-10(2)15-20-13(9-26-15)16(25)23-5-4-12(8-23)22(3)7-11-6-14(24)21-17(18)19-11/h6,9-10,12H,4-5,7-8H2,1-3H3,(H3,18,19,21,24)/t12-/m0/s1. The molecule has 1 aliphatic heterocycles. The van der Waals surface area contributed by atoms with E-state index in [-0.39, 0.29) is 23.5 Å². The highest BCUT2D eigenvalue weighted by atomic mass is 32.1. The number of carbonyl (C=O) groups is 1. The zero-order chi connectivity index (χ0) is 18.8. The number of anilines is 1. The second-order valence-corrected chi connectivity index (χ2v) is 7.85. The number of likely N-dealkylation sites (tertiary alicyclic amines) is 1. The lowest BCUT2D eigenvalue weighted by Gasteiger charge is -2.24. The largest absolute Gasteiger partial charge is 0.369 e. The third-order valence-electron chi connectivity index (χ3n) is 4.53. The van der Waals surface area contributed by atoms with Crippen molar-refractivity contribution >= 4 is 23.2 Å². The molecule has 0 spiro atoms. The summed E-state index contributed by atoms with van der Waals surface area (Å²) in [6.07, 6.45) is 0.877. The van der Waals surface area contributed by atoms with Gasteiger partial charge >= 0.3 is 0 Å². The average Bonchev–Trinajstić information content (AvgIpc) is 3.23. The van der Waals surface area contributed by atoms with Crippen LogP contribution in [0.25, 0.3) is 0 Å². The first-order chi connectivity index (χ1) is 12.3. The van der Waals surface area contributed by atoms with E-state index < -0.39 is 0 Å². The summed E-state index contributed by atoms with van der Waals surface area (Å²) in [5.74, 6) is 0.434. The van der Waals surface area contributed by atoms with Crippen molar-refractivity contribution < 1.29 is 4.79 Å². The Labute approximate surface area is 156 Å². The number of hydrogen-bond acceptors (Lipinski definition) is 7. The molecule has 3 N–H and O–H groups in total. The van der Waals surface area contributed by atoms with E-state index in [2.05, 4.69) is 33.7 Å². The Hall–Kier alpha value is -2.26. The second-order valence-electron chi connectivity index (χ2n) is 6.96. The molecule has 2 aromatic heterocycles. The van der Waals surface area contributed by atoms with E-state index in [0.717, 1.165) is 11.4 Å². The molecule has 140 valence electrons. The number of amides is 1. The minimum Gasteiger partial charge on any atom is -0.369 e. The van der Waals surface area contributed by atoms with Crippen LogP contribution in [0.5, 0.6) is 0 Å². The minimum absolute atomic E-state index is 0.0115. The topological polar surface area (TPSA) is 108 Å². The third kappa shape index (κ3) is 4.10. The van der Waals surface area contributed by atoms with Crippen molar-refractivity contribution in [1.29, 1.82) is 0 Å². The van der Waals surface area contributed by atoms with Crippen molar-refractivity contribution in [2.75, 3.05) is 25.9 Å². The van der Waals surface area contributed by atoms with Crippen molar-refractivity contribution in [3.8, 4) is 0 Å². The lowest BCUT2D eigenvalue weighted by atomic mass is 10.2. The number of likely N-dealkylation sites (N-methyl/N-ethyl adjacent to an activating group) is 1. The molecule has 0 saturated carbocycles. The highest BCUT2D eigenvalue weighted by Crippen LogP contribution is 2.22. The van der Waals surface area contributed by atoms with Crippen LogP contribution < -0.4 is 11.3 Å². The maximum atomic E-state index is 12.7. The SMILES string of the molecule is CC(C)c1nc(C(=O)N2CC[C@H](N(C)Cc3cc(=O)[nH]c(N)n3)C2)cs1. The van der Waals surface area contributed by atoms with Gasteiger partial charge in [-0.3, -0.25) is 19.5 Å². The number of rotatable bonds is 5. The highest BCUT2D eigenvalue weighted by Gasteiger charge is 2.30. The minimum atomic E-state index is -0.256. The van der Waals surface area contributed by atoms with Gasteiger partial charge in [0.1, 0.15) is 5.69 Å². The van der Waals surface area contributed by atoms with Gasteiger partial charge in [0.25, 0.3) is 11.5 Å². The molecular weight excluding hydrogens is 352 g/mol. The van der Waals surface area contributed by atoms with Crippen LogP contribution in [-0.4, -0.2) is 56.8 Å². The Morgan fingerprint density at radius 2 is 2.27 bits per heavy atom. The van der Waals surface area contributed by atoms with Gasteiger partial charge in [-0.25, -0.2) is 9.97 Å². The van der Waals surface area contributed by atoms with Crippen molar-refractivity contribution in [1.82, 2.24) is 24.8 Å². The number of nitrogens with one attached hydrogen (secondary N) is 1. The van der Waals surface area contributed by atoms with Gasteiger partial charge < -0.3 is 10.6 Å². The molecule has 1 aliphatic rings. The van der Waals surface area contributed by atoms with Gasteiger partial charge in [0, 0.05) is 43.0 Å². The Morgan fingerprint density at radius 3 is 2.92 bits per heavy atom. The number of nitrogens with two attached hydrogens (primary N) is 1. The predicted octanol–water partition coefficient (Wildman–Crippen LogP) is 1.28. The first kappa shape index (κ1) is 18.5. The molecule has 1 fully saturated rings. The molecule has 0 unspecified atom stereocenters. The molecule has 1 saturated heterocycles. The second kappa shape index (κ2) is 7.55. The van der Waals surface area contributed by atoms with Crippen LogP contribution in [0.4, 0.5) is 5.95 Å². The smallest absolute Gasteiger partial charge is 0.273 e. The van der Waals surface area contributed by atoms with Crippen LogP contribution in [0, 0.1) is 0 Å². The van der Waals surface area contributed by atoms with Gasteiger partial charge in [0.2, 0.25) is 5.95 Å². The number of aromatic nitrogens is 3. The average molecular weight is 376 g/mol. The lowest BCUT2D eigenvalue weighted by molar-refractivity contribution is 0.0774. The number of carbonyl (C=O) groups excluding carboxylic acids is 1. The molecule has 8 nitrogen and oxygen atoms in total. The quantitative estimate of drug-likeness (QED) is 0.814. The van der Waals surface area contributed by atoms with Gasteiger partial charge in [-0.15, -0.1) is 11.3 Å². The molecule has 9 heteroatoms. The zero-order valence-corrected chi connectivity index (χ0v) is 16.0. The highest BCUT2D eigenvalue weighted by molar-refractivity contribution is 7.09. The van der Waals surface area contributed by atoms with E-state index >= 15 is 0 Å². The predicted molar refractivity (Wildman–Crippen MR) is 101 cm³/mol. The first-order valence-electron chi connectivity index (χ1n) is 8.64. The van der Waals surface area contributed by atoms with Crippen molar-refractivity contribution in [3.63, 3.8) is 0 Å². The van der Waals surface area contributed by atoms with Gasteiger partial charge in [-0.1, -0.05) is 13.8 Å². The van der Waals surface area contributed by atoms with E-state index in [4.69, 9.17) is 5.73 Å². The number of nitrogen functional groups attached to an aromatic ring is 1. The Balaban J connectivity index is 1.61. The van der Waals surface area contributed by atoms with Crippen LogP contribution in [0.1, 0.15) is 47.4 Å². The summed E-state index contributed by atoms with van der Waals surface area (Å²) in [6.45, 7) is 6.00. The molecular formula is C17H24N6O2S. The van der Waals surface area contributed by atoms with Crippen molar-refractivity contribution in [3.05, 3.63) is 38.2 Å².